The van der Waals surface area contributed by atoms with E-state index < -0.39 is 11.6 Å². The molecule has 1 aliphatic rings. The lowest BCUT2D eigenvalue weighted by atomic mass is 10.1. The van der Waals surface area contributed by atoms with Crippen molar-refractivity contribution in [2.45, 2.75) is 18.9 Å². The number of rotatable bonds is 4. The smallest absolute Gasteiger partial charge is 0.233 e. The summed E-state index contributed by atoms with van der Waals surface area (Å²) in [5, 5.41) is 7.56. The zero-order chi connectivity index (χ0) is 16.2. The Kier molecular flexibility index (Phi) is 4.45. The van der Waals surface area contributed by atoms with Crippen LogP contribution >= 0.6 is 0 Å². The van der Waals surface area contributed by atoms with Crippen LogP contribution in [0.1, 0.15) is 12.0 Å². The first-order valence-corrected chi connectivity index (χ1v) is 7.28. The first-order valence-electron chi connectivity index (χ1n) is 7.28. The normalized spacial score (nSPS) is 17.3. The van der Waals surface area contributed by atoms with Crippen molar-refractivity contribution in [1.82, 2.24) is 15.1 Å². The second kappa shape index (κ2) is 6.68. The molecule has 0 spiro atoms. The summed E-state index contributed by atoms with van der Waals surface area (Å²) in [5.74, 6) is -1.15. The number of nitrogens with zero attached hydrogens (tertiary/aromatic N) is 3. The fourth-order valence-electron chi connectivity index (χ4n) is 2.51. The van der Waals surface area contributed by atoms with Crippen LogP contribution in [-0.2, 0) is 11.2 Å². The molecular weight excluding hydrogens is 304 g/mol. The van der Waals surface area contributed by atoms with Gasteiger partial charge in [0.1, 0.15) is 17.7 Å². The Morgan fingerprint density at radius 3 is 2.96 bits per heavy atom. The molecule has 1 aromatic carbocycles. The lowest BCUT2D eigenvalue weighted by Crippen LogP contribution is -2.32. The number of ether oxygens (including phenoxy) is 1. The van der Waals surface area contributed by atoms with Crippen LogP contribution in [0.4, 0.5) is 8.78 Å². The number of hydrogen-bond donors (Lipinski definition) is 0. The van der Waals surface area contributed by atoms with Gasteiger partial charge in [0.15, 0.2) is 0 Å². The highest BCUT2D eigenvalue weighted by molar-refractivity contribution is 5.79. The van der Waals surface area contributed by atoms with E-state index in [-0.39, 0.29) is 24.0 Å². The molecule has 0 bridgehead atoms. The summed E-state index contributed by atoms with van der Waals surface area (Å²) in [6.45, 7) is 0.949. The maximum Gasteiger partial charge on any atom is 0.233 e. The van der Waals surface area contributed by atoms with Crippen molar-refractivity contribution in [1.29, 1.82) is 0 Å². The first kappa shape index (κ1) is 15.3. The summed E-state index contributed by atoms with van der Waals surface area (Å²) < 4.78 is 32.1. The number of carbonyl (C=O) groups excluding carboxylic acids is 1. The van der Waals surface area contributed by atoms with Crippen LogP contribution in [0.5, 0.6) is 5.88 Å². The molecule has 2 aromatic rings. The van der Waals surface area contributed by atoms with Crippen molar-refractivity contribution in [3.8, 4) is 5.88 Å². The molecule has 1 unspecified atom stereocenters. The number of likely N-dealkylation sites (tertiary alicyclic amines) is 1. The highest BCUT2D eigenvalue weighted by Crippen LogP contribution is 2.18. The van der Waals surface area contributed by atoms with E-state index in [1.54, 1.807) is 23.2 Å². The molecule has 5 nitrogen and oxygen atoms in total. The fourth-order valence-corrected chi connectivity index (χ4v) is 2.51. The quantitative estimate of drug-likeness (QED) is 0.865. The third kappa shape index (κ3) is 3.80. The van der Waals surface area contributed by atoms with Crippen LogP contribution in [0.3, 0.4) is 0 Å². The van der Waals surface area contributed by atoms with Crippen LogP contribution < -0.4 is 4.74 Å². The molecule has 1 saturated heterocycles. The van der Waals surface area contributed by atoms with Gasteiger partial charge < -0.3 is 9.64 Å². The minimum atomic E-state index is -0.704. The van der Waals surface area contributed by atoms with E-state index in [4.69, 9.17) is 4.74 Å². The Morgan fingerprint density at radius 1 is 1.35 bits per heavy atom. The Morgan fingerprint density at radius 2 is 2.22 bits per heavy atom. The largest absolute Gasteiger partial charge is 0.471 e. The van der Waals surface area contributed by atoms with Crippen LogP contribution in [-0.4, -0.2) is 40.2 Å². The van der Waals surface area contributed by atoms with Crippen LogP contribution in [0, 0.1) is 11.6 Å². The number of aromatic nitrogens is 2. The van der Waals surface area contributed by atoms with Crippen molar-refractivity contribution in [2.75, 3.05) is 13.1 Å². The molecule has 120 valence electrons. The maximum absolute atomic E-state index is 13.6. The molecule has 7 heteroatoms. The topological polar surface area (TPSA) is 55.3 Å². The summed E-state index contributed by atoms with van der Waals surface area (Å²) in [6.07, 6.45) is 1.97. The molecule has 1 aromatic heterocycles. The molecule has 3 rings (SSSR count). The number of carbonyl (C=O) groups is 1. The Hall–Kier alpha value is -2.57. The van der Waals surface area contributed by atoms with Crippen LogP contribution in [0.25, 0.3) is 0 Å². The number of benzene rings is 1. The highest BCUT2D eigenvalue weighted by Gasteiger charge is 2.28. The van der Waals surface area contributed by atoms with E-state index in [0.717, 1.165) is 12.1 Å². The Bertz CT molecular complexity index is 697. The van der Waals surface area contributed by atoms with Gasteiger partial charge in [-0.1, -0.05) is 6.07 Å². The second-order valence-electron chi connectivity index (χ2n) is 5.34. The van der Waals surface area contributed by atoms with E-state index in [0.29, 0.717) is 25.4 Å². The van der Waals surface area contributed by atoms with Gasteiger partial charge in [0.2, 0.25) is 11.8 Å². The Labute approximate surface area is 131 Å². The lowest BCUT2D eigenvalue weighted by Gasteiger charge is -2.17. The van der Waals surface area contributed by atoms with E-state index in [2.05, 4.69) is 10.2 Å². The molecule has 0 radical (unpaired) electrons. The van der Waals surface area contributed by atoms with Gasteiger partial charge >= 0.3 is 0 Å². The van der Waals surface area contributed by atoms with Gasteiger partial charge in [0, 0.05) is 31.3 Å². The van der Waals surface area contributed by atoms with Gasteiger partial charge in [-0.25, -0.2) is 8.78 Å². The SMILES string of the molecule is O=C(Cc1ccc(F)cc1F)N1CCC(Oc2cccnn2)C1. The molecule has 2 heterocycles. The van der Waals surface area contributed by atoms with E-state index in [1.165, 1.54) is 6.07 Å². The molecule has 1 aliphatic heterocycles. The molecule has 23 heavy (non-hydrogen) atoms. The van der Waals surface area contributed by atoms with Crippen molar-refractivity contribution < 1.29 is 18.3 Å². The van der Waals surface area contributed by atoms with E-state index in [1.807, 2.05) is 0 Å². The third-order valence-electron chi connectivity index (χ3n) is 3.69. The van der Waals surface area contributed by atoms with E-state index in [9.17, 15) is 13.6 Å². The minimum absolute atomic E-state index is 0.0933. The van der Waals surface area contributed by atoms with Crippen molar-refractivity contribution in [3.05, 3.63) is 53.7 Å². The van der Waals surface area contributed by atoms with E-state index >= 15 is 0 Å². The standard InChI is InChI=1S/C16H15F2N3O2/c17-12-4-3-11(14(18)9-12)8-16(22)21-7-5-13(10-21)23-15-2-1-6-19-20-15/h1-4,6,9,13H,5,7-8,10H2. The number of halogens is 2. The average Bonchev–Trinajstić information content (AvgIpc) is 3.00. The fraction of sp³-hybridized carbons (Fsp3) is 0.312. The summed E-state index contributed by atoms with van der Waals surface area (Å²) in [4.78, 5) is 13.8. The first-order chi connectivity index (χ1) is 11.1. The second-order valence-corrected chi connectivity index (χ2v) is 5.34. The highest BCUT2D eigenvalue weighted by atomic mass is 19.1. The molecule has 0 aliphatic carbocycles. The number of amides is 1. The monoisotopic (exact) mass is 319 g/mol. The minimum Gasteiger partial charge on any atom is -0.471 e. The van der Waals surface area contributed by atoms with Crippen LogP contribution in [0.15, 0.2) is 36.5 Å². The zero-order valence-corrected chi connectivity index (χ0v) is 12.3. The van der Waals surface area contributed by atoms with Gasteiger partial charge in [-0.2, -0.15) is 5.10 Å². The van der Waals surface area contributed by atoms with Gasteiger partial charge in [-0.05, 0) is 17.7 Å². The molecule has 1 amide bonds. The van der Waals surface area contributed by atoms with Gasteiger partial charge in [0.05, 0.1) is 13.0 Å². The molecule has 1 atom stereocenters. The molecule has 0 N–H and O–H groups in total. The number of hydrogen-bond acceptors (Lipinski definition) is 4. The molecule has 0 saturated carbocycles. The third-order valence-corrected chi connectivity index (χ3v) is 3.69. The van der Waals surface area contributed by atoms with Crippen LogP contribution in [0.2, 0.25) is 0 Å². The zero-order valence-electron chi connectivity index (χ0n) is 12.3. The molecular formula is C16H15F2N3O2. The predicted octanol–water partition coefficient (Wildman–Crippen LogP) is 1.98. The Balaban J connectivity index is 1.57. The summed E-state index contributed by atoms with van der Waals surface area (Å²) in [7, 11) is 0. The van der Waals surface area contributed by atoms with Gasteiger partial charge in [0.25, 0.3) is 0 Å². The average molecular weight is 319 g/mol. The summed E-state index contributed by atoms with van der Waals surface area (Å²) in [6, 6.07) is 6.65. The summed E-state index contributed by atoms with van der Waals surface area (Å²) in [5.41, 5.74) is 0.190. The molecule has 1 fully saturated rings. The van der Waals surface area contributed by atoms with Crippen molar-refractivity contribution >= 4 is 5.91 Å². The van der Waals surface area contributed by atoms with Gasteiger partial charge in [-0.15, -0.1) is 5.10 Å². The van der Waals surface area contributed by atoms with Crippen molar-refractivity contribution in [3.63, 3.8) is 0 Å². The van der Waals surface area contributed by atoms with Gasteiger partial charge in [-0.3, -0.25) is 4.79 Å². The predicted molar refractivity (Wildman–Crippen MR) is 77.7 cm³/mol. The van der Waals surface area contributed by atoms with Crippen molar-refractivity contribution in [2.24, 2.45) is 0 Å². The maximum atomic E-state index is 13.6. The lowest BCUT2D eigenvalue weighted by molar-refractivity contribution is -0.129. The summed E-state index contributed by atoms with van der Waals surface area (Å²) >= 11 is 0.